The summed E-state index contributed by atoms with van der Waals surface area (Å²) in [4.78, 5) is 16.5. The average Bonchev–Trinajstić information content (AvgIpc) is 2.85. The van der Waals surface area contributed by atoms with Gasteiger partial charge in [0.25, 0.3) is 5.91 Å². The highest BCUT2D eigenvalue weighted by atomic mass is 79.9. The van der Waals surface area contributed by atoms with Crippen LogP contribution >= 0.6 is 27.3 Å². The minimum absolute atomic E-state index is 0.0665. The van der Waals surface area contributed by atoms with Gasteiger partial charge in [-0.15, -0.1) is 11.3 Å². The molecule has 2 rings (SSSR count). The van der Waals surface area contributed by atoms with Crippen LogP contribution in [0.25, 0.3) is 0 Å². The van der Waals surface area contributed by atoms with E-state index in [1.54, 1.807) is 11.3 Å². The Morgan fingerprint density at radius 3 is 2.95 bits per heavy atom. The van der Waals surface area contributed by atoms with Gasteiger partial charge in [-0.3, -0.25) is 4.79 Å². The van der Waals surface area contributed by atoms with Crippen LogP contribution in [0, 0.1) is 6.92 Å². The number of alkyl halides is 1. The number of aryl methyl sites for hydroxylation is 1. The van der Waals surface area contributed by atoms with Crippen molar-refractivity contribution in [3.8, 4) is 0 Å². The van der Waals surface area contributed by atoms with E-state index in [2.05, 4.69) is 26.2 Å². The molecule has 1 N–H and O–H groups in total. The number of hydrogen-bond donors (Lipinski definition) is 1. The third kappa shape index (κ3) is 3.64. The lowest BCUT2D eigenvalue weighted by atomic mass is 10.1. The molecule has 2 aromatic rings. The van der Waals surface area contributed by atoms with Crippen LogP contribution < -0.4 is 5.32 Å². The minimum Gasteiger partial charge on any atom is -0.343 e. The first-order chi connectivity index (χ1) is 9.10. The molecule has 5 heteroatoms. The molecule has 100 valence electrons. The van der Waals surface area contributed by atoms with Crippen LogP contribution in [-0.4, -0.2) is 10.9 Å². The van der Waals surface area contributed by atoms with Crippen molar-refractivity contribution < 1.29 is 4.79 Å². The maximum atomic E-state index is 12.2. The van der Waals surface area contributed by atoms with Gasteiger partial charge in [-0.05, 0) is 31.5 Å². The summed E-state index contributed by atoms with van der Waals surface area (Å²) >= 11 is 4.96. The fourth-order valence-electron chi connectivity index (χ4n) is 1.71. The molecule has 0 aliphatic rings. The van der Waals surface area contributed by atoms with Crippen LogP contribution in [0.15, 0.2) is 29.6 Å². The standard InChI is InChI=1S/C14H15BrN2OS/c1-9-8-19-14(16-9)10(2)17-13(18)12-5-3-4-11(6-12)7-15/h3-6,8,10H,7H2,1-2H3,(H,17,18). The van der Waals surface area contributed by atoms with Gasteiger partial charge in [-0.1, -0.05) is 28.1 Å². The smallest absolute Gasteiger partial charge is 0.251 e. The van der Waals surface area contributed by atoms with E-state index in [0.29, 0.717) is 5.56 Å². The highest BCUT2D eigenvalue weighted by Crippen LogP contribution is 2.18. The maximum absolute atomic E-state index is 12.2. The summed E-state index contributed by atoms with van der Waals surface area (Å²) in [5, 5.41) is 6.64. The van der Waals surface area contributed by atoms with Gasteiger partial charge in [0.1, 0.15) is 5.01 Å². The third-order valence-corrected chi connectivity index (χ3v) is 4.49. The van der Waals surface area contributed by atoms with Gasteiger partial charge >= 0.3 is 0 Å². The Kier molecular flexibility index (Phi) is 4.71. The Morgan fingerprint density at radius 1 is 1.53 bits per heavy atom. The number of nitrogens with one attached hydrogen (secondary N) is 1. The van der Waals surface area contributed by atoms with E-state index in [4.69, 9.17) is 0 Å². The van der Waals surface area contributed by atoms with Gasteiger partial charge in [0.2, 0.25) is 0 Å². The average molecular weight is 339 g/mol. The van der Waals surface area contributed by atoms with Crippen molar-refractivity contribution in [1.82, 2.24) is 10.3 Å². The largest absolute Gasteiger partial charge is 0.343 e. The molecule has 0 bridgehead atoms. The zero-order valence-electron chi connectivity index (χ0n) is 10.8. The molecule has 1 amide bonds. The van der Waals surface area contributed by atoms with Crippen LogP contribution in [0.3, 0.4) is 0 Å². The van der Waals surface area contributed by atoms with Crippen LogP contribution in [0.5, 0.6) is 0 Å². The Hall–Kier alpha value is -1.20. The van der Waals surface area contributed by atoms with E-state index in [-0.39, 0.29) is 11.9 Å². The van der Waals surface area contributed by atoms with E-state index >= 15 is 0 Å². The number of carbonyl (C=O) groups excluding carboxylic acids is 1. The molecule has 19 heavy (non-hydrogen) atoms. The van der Waals surface area contributed by atoms with Gasteiger partial charge in [0, 0.05) is 22.0 Å². The van der Waals surface area contributed by atoms with Crippen LogP contribution in [0.4, 0.5) is 0 Å². The Bertz CT molecular complexity index is 582. The summed E-state index contributed by atoms with van der Waals surface area (Å²) in [5.41, 5.74) is 2.75. The molecule has 1 unspecified atom stereocenters. The zero-order chi connectivity index (χ0) is 13.8. The fraction of sp³-hybridized carbons (Fsp3) is 0.286. The molecule has 0 saturated carbocycles. The van der Waals surface area contributed by atoms with E-state index in [1.165, 1.54) is 0 Å². The molecule has 3 nitrogen and oxygen atoms in total. The van der Waals surface area contributed by atoms with Gasteiger partial charge in [0.15, 0.2) is 0 Å². The molecular formula is C14H15BrN2OS. The van der Waals surface area contributed by atoms with Crippen LogP contribution in [-0.2, 0) is 5.33 Å². The SMILES string of the molecule is Cc1csc(C(C)NC(=O)c2cccc(CBr)c2)n1. The maximum Gasteiger partial charge on any atom is 0.251 e. The number of rotatable bonds is 4. The molecule has 1 atom stereocenters. The summed E-state index contributed by atoms with van der Waals surface area (Å²) < 4.78 is 0. The van der Waals surface area contributed by atoms with E-state index in [9.17, 15) is 4.79 Å². The Labute approximate surface area is 125 Å². The third-order valence-electron chi connectivity index (χ3n) is 2.70. The van der Waals surface area contributed by atoms with Gasteiger partial charge < -0.3 is 5.32 Å². The van der Waals surface area contributed by atoms with Crippen LogP contribution in [0.2, 0.25) is 0 Å². The lowest BCUT2D eigenvalue weighted by molar-refractivity contribution is 0.0939. The van der Waals surface area contributed by atoms with Crippen LogP contribution in [0.1, 0.15) is 39.6 Å². The van der Waals surface area contributed by atoms with Crippen molar-refractivity contribution in [2.75, 3.05) is 0 Å². The fourth-order valence-corrected chi connectivity index (χ4v) is 2.86. The van der Waals surface area contributed by atoms with Crippen molar-refractivity contribution >= 4 is 33.2 Å². The monoisotopic (exact) mass is 338 g/mol. The lowest BCUT2D eigenvalue weighted by Crippen LogP contribution is -2.26. The van der Waals surface area contributed by atoms with Crippen molar-refractivity contribution in [2.24, 2.45) is 0 Å². The molecular weight excluding hydrogens is 324 g/mol. The normalized spacial score (nSPS) is 12.2. The number of hydrogen-bond acceptors (Lipinski definition) is 3. The van der Waals surface area contributed by atoms with Gasteiger partial charge in [-0.2, -0.15) is 0 Å². The number of thiazole rings is 1. The Morgan fingerprint density at radius 2 is 2.32 bits per heavy atom. The predicted octanol–water partition coefficient (Wildman–Crippen LogP) is 3.84. The molecule has 0 aliphatic carbocycles. The molecule has 0 saturated heterocycles. The molecule has 0 radical (unpaired) electrons. The summed E-state index contributed by atoms with van der Waals surface area (Å²) in [6, 6.07) is 7.52. The molecule has 1 aromatic carbocycles. The van der Waals surface area contributed by atoms with Crippen molar-refractivity contribution in [1.29, 1.82) is 0 Å². The van der Waals surface area contributed by atoms with Gasteiger partial charge in [0.05, 0.1) is 6.04 Å². The molecule has 1 aromatic heterocycles. The highest BCUT2D eigenvalue weighted by Gasteiger charge is 2.14. The summed E-state index contributed by atoms with van der Waals surface area (Å²) in [5.74, 6) is -0.0665. The highest BCUT2D eigenvalue weighted by molar-refractivity contribution is 9.08. The topological polar surface area (TPSA) is 42.0 Å². The van der Waals surface area contributed by atoms with Crippen molar-refractivity contribution in [3.63, 3.8) is 0 Å². The number of halogens is 1. The molecule has 1 heterocycles. The first-order valence-corrected chi connectivity index (χ1v) is 7.98. The molecule has 0 aliphatic heterocycles. The first-order valence-electron chi connectivity index (χ1n) is 5.98. The van der Waals surface area contributed by atoms with E-state index in [0.717, 1.165) is 21.6 Å². The quantitative estimate of drug-likeness (QED) is 0.860. The second-order valence-corrected chi connectivity index (χ2v) is 5.81. The zero-order valence-corrected chi connectivity index (χ0v) is 13.2. The molecule has 0 fully saturated rings. The van der Waals surface area contributed by atoms with Crippen molar-refractivity contribution in [3.05, 3.63) is 51.5 Å². The lowest BCUT2D eigenvalue weighted by Gasteiger charge is -2.11. The minimum atomic E-state index is -0.0705. The summed E-state index contributed by atoms with van der Waals surface area (Å²) in [6.45, 7) is 3.90. The van der Waals surface area contributed by atoms with E-state index in [1.807, 2.05) is 43.5 Å². The second kappa shape index (κ2) is 6.30. The number of nitrogens with zero attached hydrogens (tertiary/aromatic N) is 1. The predicted molar refractivity (Wildman–Crippen MR) is 81.8 cm³/mol. The van der Waals surface area contributed by atoms with E-state index < -0.39 is 0 Å². The second-order valence-electron chi connectivity index (χ2n) is 4.36. The number of carbonyl (C=O) groups is 1. The van der Waals surface area contributed by atoms with Crippen molar-refractivity contribution in [2.45, 2.75) is 25.2 Å². The summed E-state index contributed by atoms with van der Waals surface area (Å²) in [7, 11) is 0. The number of benzene rings is 1. The van der Waals surface area contributed by atoms with Gasteiger partial charge in [-0.25, -0.2) is 4.98 Å². The Balaban J connectivity index is 2.08. The number of aromatic nitrogens is 1. The summed E-state index contributed by atoms with van der Waals surface area (Å²) in [6.07, 6.45) is 0. The first kappa shape index (κ1) is 14.2. The number of amides is 1. The molecule has 0 spiro atoms.